The standard InChI is InChI=1S/C17H17FN2O3/c1-23-10-9-19-16(21)12-5-7-13(8-6-12)17(22)20-15-4-2-3-14(18)11-15/h2-8,11H,9-10H2,1H3,(H,19,21)(H,20,22). The highest BCUT2D eigenvalue weighted by Crippen LogP contribution is 2.12. The lowest BCUT2D eigenvalue weighted by Gasteiger charge is -2.07. The van der Waals surface area contributed by atoms with Crippen LogP contribution in [0.5, 0.6) is 0 Å². The zero-order valence-electron chi connectivity index (χ0n) is 12.6. The first-order chi connectivity index (χ1) is 11.1. The van der Waals surface area contributed by atoms with E-state index in [-0.39, 0.29) is 11.8 Å². The van der Waals surface area contributed by atoms with Crippen LogP contribution < -0.4 is 10.6 Å². The first kappa shape index (κ1) is 16.6. The van der Waals surface area contributed by atoms with Gasteiger partial charge in [0.2, 0.25) is 0 Å². The summed E-state index contributed by atoms with van der Waals surface area (Å²) in [6.07, 6.45) is 0. The Morgan fingerprint density at radius 1 is 1.04 bits per heavy atom. The quantitative estimate of drug-likeness (QED) is 0.805. The SMILES string of the molecule is COCCNC(=O)c1ccc(C(=O)Nc2cccc(F)c2)cc1. The molecular formula is C17H17FN2O3. The van der Waals surface area contributed by atoms with Gasteiger partial charge in [0.15, 0.2) is 0 Å². The Morgan fingerprint density at radius 3 is 2.30 bits per heavy atom. The average molecular weight is 316 g/mol. The van der Waals surface area contributed by atoms with E-state index >= 15 is 0 Å². The summed E-state index contributed by atoms with van der Waals surface area (Å²) >= 11 is 0. The van der Waals surface area contributed by atoms with Crippen molar-refractivity contribution in [2.24, 2.45) is 0 Å². The summed E-state index contributed by atoms with van der Waals surface area (Å²) in [4.78, 5) is 23.9. The molecule has 0 bridgehead atoms. The van der Waals surface area contributed by atoms with Crippen molar-refractivity contribution in [2.45, 2.75) is 0 Å². The van der Waals surface area contributed by atoms with Gasteiger partial charge < -0.3 is 15.4 Å². The van der Waals surface area contributed by atoms with Gasteiger partial charge in [0.1, 0.15) is 5.82 Å². The van der Waals surface area contributed by atoms with E-state index in [4.69, 9.17) is 4.74 Å². The first-order valence-corrected chi connectivity index (χ1v) is 7.04. The van der Waals surface area contributed by atoms with Crippen molar-refractivity contribution in [1.29, 1.82) is 0 Å². The number of halogens is 1. The summed E-state index contributed by atoms with van der Waals surface area (Å²) < 4.78 is 17.9. The largest absolute Gasteiger partial charge is 0.383 e. The van der Waals surface area contributed by atoms with Crippen molar-refractivity contribution in [3.8, 4) is 0 Å². The third-order valence-corrected chi connectivity index (χ3v) is 3.08. The van der Waals surface area contributed by atoms with Gasteiger partial charge in [-0.1, -0.05) is 6.07 Å². The zero-order chi connectivity index (χ0) is 16.7. The van der Waals surface area contributed by atoms with Gasteiger partial charge >= 0.3 is 0 Å². The van der Waals surface area contributed by atoms with Crippen LogP contribution in [0.3, 0.4) is 0 Å². The number of hydrogen-bond donors (Lipinski definition) is 2. The number of carbonyl (C=O) groups is 2. The van der Waals surface area contributed by atoms with Gasteiger partial charge in [-0.3, -0.25) is 9.59 Å². The van der Waals surface area contributed by atoms with Gasteiger partial charge in [-0.15, -0.1) is 0 Å². The Balaban J connectivity index is 1.98. The first-order valence-electron chi connectivity index (χ1n) is 7.04. The lowest BCUT2D eigenvalue weighted by molar-refractivity contribution is 0.0935. The summed E-state index contributed by atoms with van der Waals surface area (Å²) in [5, 5.41) is 5.28. The van der Waals surface area contributed by atoms with Crippen LogP contribution in [-0.4, -0.2) is 32.1 Å². The summed E-state index contributed by atoms with van der Waals surface area (Å²) in [6, 6.07) is 11.8. The molecule has 2 amide bonds. The monoisotopic (exact) mass is 316 g/mol. The normalized spacial score (nSPS) is 10.2. The van der Waals surface area contributed by atoms with E-state index in [9.17, 15) is 14.0 Å². The van der Waals surface area contributed by atoms with Crippen LogP contribution >= 0.6 is 0 Å². The fraction of sp³-hybridized carbons (Fsp3) is 0.176. The molecule has 2 N–H and O–H groups in total. The summed E-state index contributed by atoms with van der Waals surface area (Å²) in [6.45, 7) is 0.844. The predicted molar refractivity (Wildman–Crippen MR) is 85.0 cm³/mol. The van der Waals surface area contributed by atoms with E-state index in [1.807, 2.05) is 0 Å². The predicted octanol–water partition coefficient (Wildman–Crippen LogP) is 2.45. The average Bonchev–Trinajstić information content (AvgIpc) is 2.55. The maximum atomic E-state index is 13.1. The third kappa shape index (κ3) is 4.89. The van der Waals surface area contributed by atoms with Crippen molar-refractivity contribution in [2.75, 3.05) is 25.6 Å². The van der Waals surface area contributed by atoms with Crippen LogP contribution in [0.2, 0.25) is 0 Å². The van der Waals surface area contributed by atoms with Gasteiger partial charge in [-0.25, -0.2) is 4.39 Å². The van der Waals surface area contributed by atoms with Crippen LogP contribution in [-0.2, 0) is 4.74 Å². The van der Waals surface area contributed by atoms with Crippen LogP contribution in [0.1, 0.15) is 20.7 Å². The number of carbonyl (C=O) groups excluding carboxylic acids is 2. The molecule has 0 unspecified atom stereocenters. The van der Waals surface area contributed by atoms with Crippen LogP contribution in [0, 0.1) is 5.82 Å². The molecule has 0 spiro atoms. The second-order valence-electron chi connectivity index (χ2n) is 4.79. The summed E-state index contributed by atoms with van der Waals surface area (Å²) in [5.41, 5.74) is 1.20. The number of nitrogens with one attached hydrogen (secondary N) is 2. The van der Waals surface area contributed by atoms with Gasteiger partial charge in [-0.05, 0) is 42.5 Å². The maximum absolute atomic E-state index is 13.1. The lowest BCUT2D eigenvalue weighted by Crippen LogP contribution is -2.26. The summed E-state index contributed by atoms with van der Waals surface area (Å²) in [7, 11) is 1.55. The van der Waals surface area contributed by atoms with Crippen molar-refractivity contribution >= 4 is 17.5 Å². The molecule has 2 aromatic rings. The van der Waals surface area contributed by atoms with Crippen LogP contribution in [0.25, 0.3) is 0 Å². The fourth-order valence-corrected chi connectivity index (χ4v) is 1.91. The van der Waals surface area contributed by atoms with Crippen molar-refractivity contribution in [3.63, 3.8) is 0 Å². The summed E-state index contributed by atoms with van der Waals surface area (Å²) in [5.74, 6) is -1.04. The molecule has 0 fully saturated rings. The molecule has 0 aliphatic rings. The van der Waals surface area contributed by atoms with E-state index in [2.05, 4.69) is 10.6 Å². The molecule has 5 nitrogen and oxygen atoms in total. The Morgan fingerprint density at radius 2 is 1.70 bits per heavy atom. The van der Waals surface area contributed by atoms with Crippen molar-refractivity contribution < 1.29 is 18.7 Å². The maximum Gasteiger partial charge on any atom is 0.255 e. The minimum Gasteiger partial charge on any atom is -0.383 e. The number of methoxy groups -OCH3 is 1. The number of ether oxygens (including phenoxy) is 1. The highest BCUT2D eigenvalue weighted by Gasteiger charge is 2.09. The molecule has 0 radical (unpaired) electrons. The fourth-order valence-electron chi connectivity index (χ4n) is 1.91. The zero-order valence-corrected chi connectivity index (χ0v) is 12.6. The molecule has 6 heteroatoms. The number of benzene rings is 2. The number of amides is 2. The Labute approximate surface area is 133 Å². The molecular weight excluding hydrogens is 299 g/mol. The number of rotatable bonds is 6. The molecule has 2 rings (SSSR count). The number of anilines is 1. The Bertz CT molecular complexity index is 686. The van der Waals surface area contributed by atoms with E-state index in [0.717, 1.165) is 0 Å². The highest BCUT2D eigenvalue weighted by molar-refractivity contribution is 6.05. The topological polar surface area (TPSA) is 67.4 Å². The van der Waals surface area contributed by atoms with E-state index in [0.29, 0.717) is 30.0 Å². The smallest absolute Gasteiger partial charge is 0.255 e. The van der Waals surface area contributed by atoms with E-state index < -0.39 is 5.82 Å². The molecule has 0 atom stereocenters. The van der Waals surface area contributed by atoms with Gasteiger partial charge in [0.05, 0.1) is 6.61 Å². The molecule has 120 valence electrons. The minimum atomic E-state index is -0.425. The third-order valence-electron chi connectivity index (χ3n) is 3.08. The highest BCUT2D eigenvalue weighted by atomic mass is 19.1. The second-order valence-corrected chi connectivity index (χ2v) is 4.79. The molecule has 0 aliphatic heterocycles. The van der Waals surface area contributed by atoms with Crippen molar-refractivity contribution in [3.05, 3.63) is 65.5 Å². The van der Waals surface area contributed by atoms with Gasteiger partial charge in [0.25, 0.3) is 11.8 Å². The second kappa shape index (κ2) is 8.05. The Kier molecular flexibility index (Phi) is 5.82. The van der Waals surface area contributed by atoms with E-state index in [1.54, 1.807) is 37.4 Å². The molecule has 2 aromatic carbocycles. The van der Waals surface area contributed by atoms with Crippen LogP contribution in [0.15, 0.2) is 48.5 Å². The molecule has 23 heavy (non-hydrogen) atoms. The van der Waals surface area contributed by atoms with Crippen molar-refractivity contribution in [1.82, 2.24) is 5.32 Å². The molecule has 0 saturated heterocycles. The molecule has 0 heterocycles. The molecule has 0 saturated carbocycles. The molecule has 0 aliphatic carbocycles. The van der Waals surface area contributed by atoms with E-state index in [1.165, 1.54) is 18.2 Å². The molecule has 0 aromatic heterocycles. The minimum absolute atomic E-state index is 0.237. The number of hydrogen-bond acceptors (Lipinski definition) is 3. The van der Waals surface area contributed by atoms with Gasteiger partial charge in [0, 0.05) is 30.5 Å². The lowest BCUT2D eigenvalue weighted by atomic mass is 10.1. The Hall–Kier alpha value is -2.73. The van der Waals surface area contributed by atoms with Gasteiger partial charge in [-0.2, -0.15) is 0 Å². The van der Waals surface area contributed by atoms with Crippen LogP contribution in [0.4, 0.5) is 10.1 Å².